The molecule has 1 aliphatic heterocycles. The summed E-state index contributed by atoms with van der Waals surface area (Å²) in [5.41, 5.74) is 0.760. The Labute approximate surface area is 100 Å². The molecule has 0 amide bonds. The molecule has 0 bridgehead atoms. The van der Waals surface area contributed by atoms with E-state index in [1.54, 1.807) is 12.3 Å². The minimum atomic E-state index is -0.194. The minimum absolute atomic E-state index is 0.125. The van der Waals surface area contributed by atoms with Crippen molar-refractivity contribution in [1.29, 1.82) is 0 Å². The summed E-state index contributed by atoms with van der Waals surface area (Å²) in [6, 6.07) is 1.92. The number of hydrogen-bond donors (Lipinski definition) is 1. The van der Waals surface area contributed by atoms with Crippen molar-refractivity contribution < 1.29 is 4.39 Å². The van der Waals surface area contributed by atoms with Crippen LogP contribution in [0.15, 0.2) is 18.5 Å². The zero-order valence-electron chi connectivity index (χ0n) is 9.45. The summed E-state index contributed by atoms with van der Waals surface area (Å²) < 4.78 is 13.7. The number of rotatable bonds is 4. The summed E-state index contributed by atoms with van der Waals surface area (Å²) in [7, 11) is 0. The first kappa shape index (κ1) is 11.9. The molecule has 0 saturated carbocycles. The van der Waals surface area contributed by atoms with Crippen LogP contribution in [-0.4, -0.2) is 22.5 Å². The van der Waals surface area contributed by atoms with E-state index in [0.717, 1.165) is 12.1 Å². The lowest BCUT2D eigenvalue weighted by molar-refractivity contribution is 0.487. The minimum Gasteiger partial charge on any atom is -0.309 e. The summed E-state index contributed by atoms with van der Waals surface area (Å²) in [5, 5.41) is 3.89. The standard InChI is InChI=1S/C12H17FN2S/c1-2-15-12(11-4-3-7-16-11)9-5-6-14-8-10(9)13/h5-6,8,11-12,15H,2-4,7H2,1H3. The zero-order valence-corrected chi connectivity index (χ0v) is 10.3. The predicted octanol–water partition coefficient (Wildman–Crippen LogP) is 2.77. The van der Waals surface area contributed by atoms with Gasteiger partial charge in [-0.05, 0) is 31.2 Å². The molecule has 2 atom stereocenters. The molecule has 1 N–H and O–H groups in total. The highest BCUT2D eigenvalue weighted by Gasteiger charge is 2.28. The molecule has 0 aliphatic carbocycles. The van der Waals surface area contributed by atoms with Gasteiger partial charge in [-0.3, -0.25) is 4.98 Å². The second-order valence-corrected chi connectivity index (χ2v) is 5.33. The topological polar surface area (TPSA) is 24.9 Å². The average Bonchev–Trinajstić information content (AvgIpc) is 2.80. The highest BCUT2D eigenvalue weighted by molar-refractivity contribution is 8.00. The van der Waals surface area contributed by atoms with Crippen molar-refractivity contribution in [3.05, 3.63) is 29.8 Å². The number of halogens is 1. The second kappa shape index (κ2) is 5.64. The van der Waals surface area contributed by atoms with Crippen LogP contribution in [0, 0.1) is 5.82 Å². The number of aromatic nitrogens is 1. The van der Waals surface area contributed by atoms with Crippen molar-refractivity contribution in [2.45, 2.75) is 31.1 Å². The molecule has 0 spiro atoms. The zero-order chi connectivity index (χ0) is 11.4. The monoisotopic (exact) mass is 240 g/mol. The SMILES string of the molecule is CCNC(c1ccncc1F)C1CCCS1. The van der Waals surface area contributed by atoms with Gasteiger partial charge in [0.25, 0.3) is 0 Å². The Morgan fingerprint density at radius 2 is 2.56 bits per heavy atom. The van der Waals surface area contributed by atoms with Gasteiger partial charge in [-0.15, -0.1) is 0 Å². The Hall–Kier alpha value is -0.610. The van der Waals surface area contributed by atoms with Crippen molar-refractivity contribution >= 4 is 11.8 Å². The maximum absolute atomic E-state index is 13.7. The molecule has 1 aromatic rings. The van der Waals surface area contributed by atoms with Crippen LogP contribution in [0.25, 0.3) is 0 Å². The lowest BCUT2D eigenvalue weighted by Gasteiger charge is -2.24. The normalized spacial score (nSPS) is 22.2. The fourth-order valence-corrected chi connectivity index (χ4v) is 3.57. The van der Waals surface area contributed by atoms with Gasteiger partial charge in [0.2, 0.25) is 0 Å². The lowest BCUT2D eigenvalue weighted by atomic mass is 10.0. The van der Waals surface area contributed by atoms with Gasteiger partial charge >= 0.3 is 0 Å². The van der Waals surface area contributed by atoms with E-state index >= 15 is 0 Å². The molecule has 4 heteroatoms. The summed E-state index contributed by atoms with van der Waals surface area (Å²) in [6.07, 6.45) is 5.38. The van der Waals surface area contributed by atoms with E-state index in [2.05, 4.69) is 17.2 Å². The van der Waals surface area contributed by atoms with E-state index in [4.69, 9.17) is 0 Å². The fourth-order valence-electron chi connectivity index (χ4n) is 2.17. The van der Waals surface area contributed by atoms with Crippen LogP contribution in [0.2, 0.25) is 0 Å². The van der Waals surface area contributed by atoms with Crippen molar-refractivity contribution in [2.24, 2.45) is 0 Å². The molecule has 2 unspecified atom stereocenters. The molecule has 1 fully saturated rings. The van der Waals surface area contributed by atoms with Crippen LogP contribution in [0.1, 0.15) is 31.4 Å². The van der Waals surface area contributed by atoms with Crippen LogP contribution in [0.5, 0.6) is 0 Å². The number of hydrogen-bond acceptors (Lipinski definition) is 3. The third kappa shape index (κ3) is 2.55. The summed E-state index contributed by atoms with van der Waals surface area (Å²) in [4.78, 5) is 3.80. The van der Waals surface area contributed by atoms with Crippen LogP contribution in [-0.2, 0) is 0 Å². The predicted molar refractivity (Wildman–Crippen MR) is 66.1 cm³/mol. The van der Waals surface area contributed by atoms with Crippen molar-refractivity contribution in [3.8, 4) is 0 Å². The van der Waals surface area contributed by atoms with E-state index in [0.29, 0.717) is 5.25 Å². The molecule has 0 radical (unpaired) electrons. The summed E-state index contributed by atoms with van der Waals surface area (Å²) >= 11 is 1.94. The Kier molecular flexibility index (Phi) is 4.18. The molecule has 1 aliphatic rings. The molecule has 0 aromatic carbocycles. The molecule has 16 heavy (non-hydrogen) atoms. The Balaban J connectivity index is 2.21. The molecule has 88 valence electrons. The van der Waals surface area contributed by atoms with E-state index in [9.17, 15) is 4.39 Å². The number of thioether (sulfide) groups is 1. The molecule has 2 rings (SSSR count). The van der Waals surface area contributed by atoms with Gasteiger partial charge in [-0.25, -0.2) is 4.39 Å². The molecule has 2 nitrogen and oxygen atoms in total. The average molecular weight is 240 g/mol. The Morgan fingerprint density at radius 1 is 1.69 bits per heavy atom. The van der Waals surface area contributed by atoms with Crippen LogP contribution < -0.4 is 5.32 Å². The Morgan fingerprint density at radius 3 is 3.19 bits per heavy atom. The first-order chi connectivity index (χ1) is 7.83. The van der Waals surface area contributed by atoms with Gasteiger partial charge in [0, 0.05) is 23.1 Å². The molecular formula is C12H17FN2S. The van der Waals surface area contributed by atoms with Gasteiger partial charge in [0.15, 0.2) is 0 Å². The highest BCUT2D eigenvalue weighted by atomic mass is 32.2. The largest absolute Gasteiger partial charge is 0.309 e. The quantitative estimate of drug-likeness (QED) is 0.876. The van der Waals surface area contributed by atoms with Gasteiger partial charge in [-0.1, -0.05) is 6.92 Å². The molecule has 1 saturated heterocycles. The van der Waals surface area contributed by atoms with Gasteiger partial charge in [-0.2, -0.15) is 11.8 Å². The molecule has 1 aromatic heterocycles. The first-order valence-electron chi connectivity index (χ1n) is 5.77. The van der Waals surface area contributed by atoms with Gasteiger partial charge in [0.1, 0.15) is 5.82 Å². The second-order valence-electron chi connectivity index (χ2n) is 3.98. The third-order valence-corrected chi connectivity index (χ3v) is 4.36. The van der Waals surface area contributed by atoms with Gasteiger partial charge in [0.05, 0.1) is 6.20 Å². The van der Waals surface area contributed by atoms with Crippen LogP contribution >= 0.6 is 11.8 Å². The van der Waals surface area contributed by atoms with Gasteiger partial charge < -0.3 is 5.32 Å². The fraction of sp³-hybridized carbons (Fsp3) is 0.583. The summed E-state index contributed by atoms with van der Waals surface area (Å²) in [6.45, 7) is 2.93. The lowest BCUT2D eigenvalue weighted by Crippen LogP contribution is -2.29. The number of nitrogens with one attached hydrogen (secondary N) is 1. The summed E-state index contributed by atoms with van der Waals surface area (Å²) in [5.74, 6) is 1.00. The maximum Gasteiger partial charge on any atom is 0.146 e. The third-order valence-electron chi connectivity index (χ3n) is 2.90. The first-order valence-corrected chi connectivity index (χ1v) is 6.82. The van der Waals surface area contributed by atoms with E-state index in [1.165, 1.54) is 24.8 Å². The van der Waals surface area contributed by atoms with Crippen LogP contribution in [0.4, 0.5) is 4.39 Å². The number of pyridine rings is 1. The van der Waals surface area contributed by atoms with E-state index < -0.39 is 0 Å². The molecule has 2 heterocycles. The van der Waals surface area contributed by atoms with Crippen molar-refractivity contribution in [2.75, 3.05) is 12.3 Å². The van der Waals surface area contributed by atoms with E-state index in [1.807, 2.05) is 11.8 Å². The van der Waals surface area contributed by atoms with Crippen LogP contribution in [0.3, 0.4) is 0 Å². The van der Waals surface area contributed by atoms with Crippen molar-refractivity contribution in [1.82, 2.24) is 10.3 Å². The van der Waals surface area contributed by atoms with Crippen molar-refractivity contribution in [3.63, 3.8) is 0 Å². The smallest absolute Gasteiger partial charge is 0.146 e. The number of nitrogens with zero attached hydrogens (tertiary/aromatic N) is 1. The maximum atomic E-state index is 13.7. The Bertz CT molecular complexity index is 340. The molecular weight excluding hydrogens is 223 g/mol. The van der Waals surface area contributed by atoms with E-state index in [-0.39, 0.29) is 11.9 Å². The highest BCUT2D eigenvalue weighted by Crippen LogP contribution is 2.36.